The fourth-order valence-electron chi connectivity index (χ4n) is 1.34. The standard InChI is InChI=1S/C13H7N3O/c14-8-10-4-3-5-12(11(10)9-15)17-13-6-1-2-7-16-13/h1-7H. The molecular formula is C13H7N3O. The molecule has 80 valence electrons. The number of ether oxygens (including phenoxy) is 1. The molecule has 0 spiro atoms. The Labute approximate surface area is 98.3 Å². The van der Waals surface area contributed by atoms with Crippen LogP contribution < -0.4 is 4.74 Å². The molecule has 4 nitrogen and oxygen atoms in total. The van der Waals surface area contributed by atoms with Crippen molar-refractivity contribution in [2.45, 2.75) is 0 Å². The molecule has 0 N–H and O–H groups in total. The molecule has 0 aliphatic carbocycles. The Morgan fingerprint density at radius 1 is 1.00 bits per heavy atom. The summed E-state index contributed by atoms with van der Waals surface area (Å²) in [5.41, 5.74) is 0.515. The van der Waals surface area contributed by atoms with Crippen LogP contribution in [0.4, 0.5) is 0 Å². The third-order valence-corrected chi connectivity index (χ3v) is 2.11. The average Bonchev–Trinajstić information content (AvgIpc) is 2.39. The number of benzene rings is 1. The molecule has 0 saturated carbocycles. The van der Waals surface area contributed by atoms with Gasteiger partial charge in [-0.25, -0.2) is 4.98 Å². The molecule has 0 unspecified atom stereocenters. The molecule has 1 aromatic heterocycles. The summed E-state index contributed by atoms with van der Waals surface area (Å²) >= 11 is 0. The Morgan fingerprint density at radius 2 is 1.88 bits per heavy atom. The van der Waals surface area contributed by atoms with Crippen LogP contribution in [-0.2, 0) is 0 Å². The zero-order valence-corrected chi connectivity index (χ0v) is 8.79. The topological polar surface area (TPSA) is 69.7 Å². The molecule has 0 bridgehead atoms. The molecule has 2 rings (SSSR count). The Bertz CT molecular complexity index is 609. The molecule has 0 aliphatic rings. The Hall–Kier alpha value is -2.85. The predicted octanol–water partition coefficient (Wildman–Crippen LogP) is 2.62. The van der Waals surface area contributed by atoms with Crippen LogP contribution in [0.1, 0.15) is 11.1 Å². The molecule has 0 radical (unpaired) electrons. The third-order valence-electron chi connectivity index (χ3n) is 2.11. The molecule has 0 atom stereocenters. The van der Waals surface area contributed by atoms with Crippen molar-refractivity contribution in [3.05, 3.63) is 53.7 Å². The van der Waals surface area contributed by atoms with E-state index in [-0.39, 0.29) is 5.56 Å². The van der Waals surface area contributed by atoms with E-state index in [0.29, 0.717) is 17.2 Å². The van der Waals surface area contributed by atoms with Crippen molar-refractivity contribution in [1.82, 2.24) is 4.98 Å². The molecule has 4 heteroatoms. The lowest BCUT2D eigenvalue weighted by atomic mass is 10.1. The number of aromatic nitrogens is 1. The first-order chi connectivity index (χ1) is 8.35. The number of pyridine rings is 1. The summed E-state index contributed by atoms with van der Waals surface area (Å²) in [7, 11) is 0. The SMILES string of the molecule is N#Cc1cccc(Oc2ccccn2)c1C#N. The first-order valence-corrected chi connectivity index (χ1v) is 4.87. The van der Waals surface area contributed by atoms with Crippen LogP contribution >= 0.6 is 0 Å². The fraction of sp³-hybridized carbons (Fsp3) is 0. The molecule has 0 amide bonds. The molecule has 0 saturated heterocycles. The highest BCUT2D eigenvalue weighted by atomic mass is 16.5. The molecular weight excluding hydrogens is 214 g/mol. The average molecular weight is 221 g/mol. The Morgan fingerprint density at radius 3 is 2.53 bits per heavy atom. The second-order valence-corrected chi connectivity index (χ2v) is 3.17. The van der Waals surface area contributed by atoms with Crippen molar-refractivity contribution in [2.75, 3.05) is 0 Å². The van der Waals surface area contributed by atoms with Crippen LogP contribution in [0.25, 0.3) is 0 Å². The van der Waals surface area contributed by atoms with Crippen LogP contribution in [-0.4, -0.2) is 4.98 Å². The van der Waals surface area contributed by atoms with Crippen molar-refractivity contribution >= 4 is 0 Å². The van der Waals surface area contributed by atoms with E-state index < -0.39 is 0 Å². The van der Waals surface area contributed by atoms with Crippen molar-refractivity contribution < 1.29 is 4.74 Å². The molecule has 1 heterocycles. The number of hydrogen-bond acceptors (Lipinski definition) is 4. The van der Waals surface area contributed by atoms with Gasteiger partial charge >= 0.3 is 0 Å². The van der Waals surface area contributed by atoms with Crippen molar-refractivity contribution in [3.8, 4) is 23.8 Å². The summed E-state index contributed by atoms with van der Waals surface area (Å²) in [4.78, 5) is 3.99. The third kappa shape index (κ3) is 2.22. The van der Waals surface area contributed by atoms with E-state index in [2.05, 4.69) is 4.98 Å². The largest absolute Gasteiger partial charge is 0.438 e. The molecule has 1 aromatic carbocycles. The predicted molar refractivity (Wildman–Crippen MR) is 60.2 cm³/mol. The minimum atomic E-state index is 0.223. The number of nitrogens with zero attached hydrogens (tertiary/aromatic N) is 3. The van der Waals surface area contributed by atoms with Crippen LogP contribution in [0.15, 0.2) is 42.6 Å². The zero-order chi connectivity index (χ0) is 12.1. The summed E-state index contributed by atoms with van der Waals surface area (Å²) in [6, 6.07) is 14.0. The summed E-state index contributed by atoms with van der Waals surface area (Å²) < 4.78 is 5.46. The van der Waals surface area contributed by atoms with Gasteiger partial charge in [-0.2, -0.15) is 10.5 Å². The summed E-state index contributed by atoms with van der Waals surface area (Å²) in [5, 5.41) is 17.9. The lowest BCUT2D eigenvalue weighted by Crippen LogP contribution is -1.92. The van der Waals surface area contributed by atoms with Crippen LogP contribution in [0.3, 0.4) is 0 Å². The van der Waals surface area contributed by atoms with E-state index in [4.69, 9.17) is 15.3 Å². The molecule has 0 aliphatic heterocycles. The lowest BCUT2D eigenvalue weighted by molar-refractivity contribution is 0.461. The first kappa shape index (κ1) is 10.7. The summed E-state index contributed by atoms with van der Waals surface area (Å²) in [6.07, 6.45) is 1.59. The number of hydrogen-bond donors (Lipinski definition) is 0. The highest BCUT2D eigenvalue weighted by Crippen LogP contribution is 2.25. The van der Waals surface area contributed by atoms with Crippen molar-refractivity contribution in [3.63, 3.8) is 0 Å². The Balaban J connectivity index is 2.41. The maximum Gasteiger partial charge on any atom is 0.219 e. The monoisotopic (exact) mass is 221 g/mol. The quantitative estimate of drug-likeness (QED) is 0.781. The van der Waals surface area contributed by atoms with Gasteiger partial charge in [0.15, 0.2) is 0 Å². The van der Waals surface area contributed by atoms with E-state index in [0.717, 1.165) is 0 Å². The number of nitriles is 2. The minimum absolute atomic E-state index is 0.223. The highest BCUT2D eigenvalue weighted by molar-refractivity contribution is 5.54. The van der Waals surface area contributed by atoms with E-state index in [1.807, 2.05) is 12.1 Å². The second-order valence-electron chi connectivity index (χ2n) is 3.17. The van der Waals surface area contributed by atoms with Crippen LogP contribution in [0, 0.1) is 22.7 Å². The molecule has 0 fully saturated rings. The van der Waals surface area contributed by atoms with E-state index in [1.54, 1.807) is 42.6 Å². The number of rotatable bonds is 2. The highest BCUT2D eigenvalue weighted by Gasteiger charge is 2.09. The maximum absolute atomic E-state index is 9.01. The zero-order valence-electron chi connectivity index (χ0n) is 8.79. The van der Waals surface area contributed by atoms with Gasteiger partial charge in [0.2, 0.25) is 5.88 Å². The normalized spacial score (nSPS) is 9.06. The van der Waals surface area contributed by atoms with E-state index in [9.17, 15) is 0 Å². The van der Waals surface area contributed by atoms with Crippen LogP contribution in [0.5, 0.6) is 11.6 Å². The minimum Gasteiger partial charge on any atom is -0.438 e. The van der Waals surface area contributed by atoms with Crippen LogP contribution in [0.2, 0.25) is 0 Å². The van der Waals surface area contributed by atoms with Crippen molar-refractivity contribution in [1.29, 1.82) is 10.5 Å². The van der Waals surface area contributed by atoms with Gasteiger partial charge in [-0.1, -0.05) is 12.1 Å². The van der Waals surface area contributed by atoms with Gasteiger partial charge in [-0.3, -0.25) is 0 Å². The van der Waals surface area contributed by atoms with Gasteiger partial charge < -0.3 is 4.74 Å². The molecule has 2 aromatic rings. The smallest absolute Gasteiger partial charge is 0.219 e. The van der Waals surface area contributed by atoms with E-state index in [1.165, 1.54) is 0 Å². The van der Waals surface area contributed by atoms with Gasteiger partial charge in [0.1, 0.15) is 23.5 Å². The van der Waals surface area contributed by atoms with Gasteiger partial charge in [0.25, 0.3) is 0 Å². The summed E-state index contributed by atoms with van der Waals surface area (Å²) in [6.45, 7) is 0. The van der Waals surface area contributed by atoms with Gasteiger partial charge in [0, 0.05) is 12.3 Å². The fourth-order valence-corrected chi connectivity index (χ4v) is 1.34. The summed E-state index contributed by atoms with van der Waals surface area (Å²) in [5.74, 6) is 0.726. The van der Waals surface area contributed by atoms with Gasteiger partial charge in [0.05, 0.1) is 5.56 Å². The van der Waals surface area contributed by atoms with Crippen molar-refractivity contribution in [2.24, 2.45) is 0 Å². The first-order valence-electron chi connectivity index (χ1n) is 4.87. The maximum atomic E-state index is 9.01. The Kier molecular flexibility index (Phi) is 3.00. The van der Waals surface area contributed by atoms with E-state index >= 15 is 0 Å². The molecule has 17 heavy (non-hydrogen) atoms. The van der Waals surface area contributed by atoms with Gasteiger partial charge in [-0.05, 0) is 18.2 Å². The lowest BCUT2D eigenvalue weighted by Gasteiger charge is -2.06. The second kappa shape index (κ2) is 4.78. The van der Waals surface area contributed by atoms with Gasteiger partial charge in [-0.15, -0.1) is 0 Å².